The molecule has 4 aliphatic heterocycles. The first-order valence-corrected chi connectivity index (χ1v) is 27.5. The van der Waals surface area contributed by atoms with Gasteiger partial charge in [-0.1, -0.05) is 154 Å². The number of hydrogen-bond acceptors (Lipinski definition) is 5. The van der Waals surface area contributed by atoms with Crippen molar-refractivity contribution in [2.24, 2.45) is 0 Å². The van der Waals surface area contributed by atoms with Crippen molar-refractivity contribution < 1.29 is 0 Å². The minimum Gasteiger partial charge on any atom is -0.365 e. The highest BCUT2D eigenvalue weighted by Gasteiger charge is 2.49. The summed E-state index contributed by atoms with van der Waals surface area (Å²) in [4.78, 5) is 13.3. The molecule has 0 amide bonds. The molecule has 0 aromatic heterocycles. The van der Waals surface area contributed by atoms with E-state index in [0.29, 0.717) is 12.1 Å². The maximum Gasteiger partial charge on any atom is 0.252 e. The van der Waals surface area contributed by atoms with Crippen LogP contribution < -0.4 is 57.3 Å². The average molecular weight is 956 g/mol. The van der Waals surface area contributed by atoms with Gasteiger partial charge < -0.3 is 24.5 Å². The highest BCUT2D eigenvalue weighted by atomic mass is 15.2. The lowest BCUT2D eigenvalue weighted by Gasteiger charge is -2.48. The molecule has 0 unspecified atom stereocenters. The normalized spacial score (nSPS) is 16.4. The van der Waals surface area contributed by atoms with Gasteiger partial charge in [-0.15, -0.1) is 0 Å². The van der Waals surface area contributed by atoms with Crippen LogP contribution in [-0.2, 0) is 0 Å². The quantitative estimate of drug-likeness (QED) is 0.148. The summed E-state index contributed by atoms with van der Waals surface area (Å²) < 4.78 is 0. The molecule has 2 saturated carbocycles. The second kappa shape index (κ2) is 17.7. The first-order valence-electron chi connectivity index (χ1n) is 27.5. The molecule has 0 saturated heterocycles. The molecule has 9 aromatic carbocycles. The van der Waals surface area contributed by atoms with Crippen LogP contribution in [0.1, 0.15) is 69.8 Å². The number of hydrogen-bond donors (Lipinski definition) is 0. The van der Waals surface area contributed by atoms with Crippen molar-refractivity contribution in [1.82, 2.24) is 0 Å². The first-order chi connectivity index (χ1) is 36.7. The number of aryl methyl sites for hydroxylation is 1. The summed E-state index contributed by atoms with van der Waals surface area (Å²) in [5.74, 6) is 0. The molecule has 6 aliphatic rings. The van der Waals surface area contributed by atoms with Crippen LogP contribution in [0, 0.1) is 6.92 Å². The summed E-state index contributed by atoms with van der Waals surface area (Å²) in [5, 5.41) is 0. The van der Waals surface area contributed by atoms with Crippen molar-refractivity contribution in [3.63, 3.8) is 0 Å². The highest BCUT2D eigenvalue weighted by molar-refractivity contribution is 7.03. The second-order valence-corrected chi connectivity index (χ2v) is 21.7. The zero-order valence-corrected chi connectivity index (χ0v) is 42.2. The third-order valence-corrected chi connectivity index (χ3v) is 17.5. The van der Waals surface area contributed by atoms with E-state index in [1.54, 1.807) is 0 Å². The van der Waals surface area contributed by atoms with Gasteiger partial charge >= 0.3 is 0 Å². The van der Waals surface area contributed by atoms with Crippen LogP contribution in [0.4, 0.5) is 73.9 Å². The van der Waals surface area contributed by atoms with Crippen molar-refractivity contribution in [2.45, 2.75) is 83.2 Å². The van der Waals surface area contributed by atoms with Crippen LogP contribution in [-0.4, -0.2) is 25.5 Å². The number of para-hydroxylation sites is 6. The number of anilines is 13. The molecule has 2 fully saturated rings. The SMILES string of the molecule is Cc1cc2c3c(c1)N(c1ccccc1)c1cc4c(cc1B3c1ccccc1N2c1ccccc1)B1c2ccccc2N(c2ccccc2)c2cc(N(C3CCCCC3)C3CCCCC3)cc(c21)N4c1ccccc1. The average Bonchev–Trinajstić information content (AvgIpc) is 3.46. The Labute approximate surface area is 437 Å². The fourth-order valence-electron chi connectivity index (χ4n) is 14.5. The molecule has 0 spiro atoms. The van der Waals surface area contributed by atoms with Crippen molar-refractivity contribution in [2.75, 3.05) is 24.5 Å². The predicted octanol–water partition coefficient (Wildman–Crippen LogP) is 13.6. The zero-order valence-electron chi connectivity index (χ0n) is 42.2. The Kier molecular flexibility index (Phi) is 10.4. The Morgan fingerprint density at radius 1 is 0.324 bits per heavy atom. The van der Waals surface area contributed by atoms with Crippen LogP contribution in [0.2, 0.25) is 0 Å². The van der Waals surface area contributed by atoms with Gasteiger partial charge in [0.15, 0.2) is 0 Å². The molecule has 15 rings (SSSR count). The molecule has 4 heterocycles. The molecule has 358 valence electrons. The van der Waals surface area contributed by atoms with E-state index in [2.05, 4.69) is 238 Å². The van der Waals surface area contributed by atoms with Crippen molar-refractivity contribution in [3.05, 3.63) is 212 Å². The molecule has 0 radical (unpaired) electrons. The molecule has 9 aromatic rings. The van der Waals surface area contributed by atoms with Gasteiger partial charge in [0.1, 0.15) is 0 Å². The van der Waals surface area contributed by atoms with E-state index < -0.39 is 0 Å². The standard InChI is InChI=1S/C67H59B2N5/c1-46-40-62-66-63(41-46)73(51-32-16-6-17-33-51)60-45-61-57(44-56(60)68(66)54-36-20-22-38-58(54)71(62)49-28-12-4-13-29-49)69-55-37-21-23-39-59(55)72(50-30-14-5-15-31-50)64-42-53(43-65(67(64)69)74(61)52-34-18-7-19-35-52)70(47-24-8-2-9-25-47)48-26-10-3-11-27-48/h4-7,12-23,28-45,47-48H,2-3,8-11,24-27H2,1H3. The van der Waals surface area contributed by atoms with Gasteiger partial charge in [0, 0.05) is 86.0 Å². The van der Waals surface area contributed by atoms with Gasteiger partial charge in [0.2, 0.25) is 0 Å². The van der Waals surface area contributed by atoms with E-state index >= 15 is 0 Å². The van der Waals surface area contributed by atoms with Crippen LogP contribution >= 0.6 is 0 Å². The van der Waals surface area contributed by atoms with E-state index in [9.17, 15) is 0 Å². The van der Waals surface area contributed by atoms with Crippen molar-refractivity contribution in [3.8, 4) is 0 Å². The summed E-state index contributed by atoms with van der Waals surface area (Å²) in [6.07, 6.45) is 13.0. The van der Waals surface area contributed by atoms with E-state index in [-0.39, 0.29) is 13.4 Å². The minimum atomic E-state index is -0.0213. The number of fused-ring (bicyclic) bond motifs is 8. The van der Waals surface area contributed by atoms with Gasteiger partial charge in [-0.05, 0) is 162 Å². The van der Waals surface area contributed by atoms with Crippen molar-refractivity contribution >= 4 is 120 Å². The second-order valence-electron chi connectivity index (χ2n) is 21.7. The van der Waals surface area contributed by atoms with Gasteiger partial charge in [0.25, 0.3) is 13.4 Å². The summed E-state index contributed by atoms with van der Waals surface area (Å²) in [5.41, 5.74) is 25.4. The lowest BCUT2D eigenvalue weighted by molar-refractivity contribution is 0.340. The van der Waals surface area contributed by atoms with Crippen LogP contribution in [0.5, 0.6) is 0 Å². The van der Waals surface area contributed by atoms with E-state index in [0.717, 1.165) is 5.69 Å². The molecule has 0 atom stereocenters. The smallest absolute Gasteiger partial charge is 0.252 e. The topological polar surface area (TPSA) is 16.2 Å². The predicted molar refractivity (Wildman–Crippen MR) is 315 cm³/mol. The van der Waals surface area contributed by atoms with E-state index in [1.807, 2.05) is 0 Å². The summed E-state index contributed by atoms with van der Waals surface area (Å²) in [6.45, 7) is 2.24. The van der Waals surface area contributed by atoms with Gasteiger partial charge in [-0.3, -0.25) is 0 Å². The van der Waals surface area contributed by atoms with Crippen molar-refractivity contribution in [1.29, 1.82) is 0 Å². The Morgan fingerprint density at radius 2 is 0.662 bits per heavy atom. The third-order valence-electron chi connectivity index (χ3n) is 17.5. The monoisotopic (exact) mass is 955 g/mol. The fourth-order valence-corrected chi connectivity index (χ4v) is 14.5. The van der Waals surface area contributed by atoms with Gasteiger partial charge in [0.05, 0.1) is 0 Å². The highest BCUT2D eigenvalue weighted by Crippen LogP contribution is 2.50. The Morgan fingerprint density at radius 3 is 1.05 bits per heavy atom. The van der Waals surface area contributed by atoms with Crippen LogP contribution in [0.25, 0.3) is 0 Å². The molecule has 2 aliphatic carbocycles. The molecule has 0 bridgehead atoms. The molecule has 5 nitrogen and oxygen atoms in total. The van der Waals surface area contributed by atoms with Gasteiger partial charge in [-0.2, -0.15) is 0 Å². The Hall–Kier alpha value is -7.89. The van der Waals surface area contributed by atoms with E-state index in [1.165, 1.54) is 171 Å². The maximum atomic E-state index is 2.96. The first kappa shape index (κ1) is 43.7. The van der Waals surface area contributed by atoms with Crippen LogP contribution in [0.15, 0.2) is 206 Å². The maximum absolute atomic E-state index is 2.96. The number of benzene rings is 9. The third kappa shape index (κ3) is 6.78. The molecular formula is C67H59B2N5. The fraction of sp³-hybridized carbons (Fsp3) is 0.194. The van der Waals surface area contributed by atoms with Gasteiger partial charge in [-0.25, -0.2) is 0 Å². The number of nitrogens with zero attached hydrogens (tertiary/aromatic N) is 5. The largest absolute Gasteiger partial charge is 0.365 e. The molecule has 74 heavy (non-hydrogen) atoms. The lowest BCUT2D eigenvalue weighted by atomic mass is 9.30. The Bertz CT molecular complexity index is 3580. The van der Waals surface area contributed by atoms with E-state index in [4.69, 9.17) is 0 Å². The Balaban J connectivity index is 1.05. The zero-order chi connectivity index (χ0) is 48.9. The summed E-state index contributed by atoms with van der Waals surface area (Å²) in [6, 6.07) is 79.7. The number of rotatable bonds is 7. The van der Waals surface area contributed by atoms with Crippen LogP contribution in [0.3, 0.4) is 0 Å². The summed E-state index contributed by atoms with van der Waals surface area (Å²) >= 11 is 0. The molecule has 7 heteroatoms. The molecule has 0 N–H and O–H groups in total. The molecular weight excluding hydrogens is 896 g/mol. The summed E-state index contributed by atoms with van der Waals surface area (Å²) in [7, 11) is 0. The lowest BCUT2D eigenvalue weighted by Crippen LogP contribution is -2.65. The minimum absolute atomic E-state index is 0.00959.